The summed E-state index contributed by atoms with van der Waals surface area (Å²) in [7, 11) is -4.81. The highest BCUT2D eigenvalue weighted by atomic mass is 32.2. The van der Waals surface area contributed by atoms with Gasteiger partial charge in [-0.05, 0) is 5.41 Å². The van der Waals surface area contributed by atoms with Gasteiger partial charge in [-0.15, -0.1) is 0 Å². The van der Waals surface area contributed by atoms with E-state index in [4.69, 9.17) is 5.11 Å². The number of carbonyl (C=O) groups is 1. The molecule has 1 aromatic rings. The van der Waals surface area contributed by atoms with Crippen LogP contribution in [0.3, 0.4) is 0 Å². The average molecular weight is 325 g/mol. The predicted molar refractivity (Wildman–Crippen MR) is 67.5 cm³/mol. The fourth-order valence-electron chi connectivity index (χ4n) is 1.60. The Morgan fingerprint density at radius 1 is 1.19 bits per heavy atom. The molecule has 1 aromatic carbocycles. The molecule has 0 aromatic heterocycles. The molecular formula is C12H14F3NO4S. The summed E-state index contributed by atoms with van der Waals surface area (Å²) in [6.07, 6.45) is 0. The molecule has 0 aliphatic carbocycles. The lowest BCUT2D eigenvalue weighted by molar-refractivity contribution is -0.141. The van der Waals surface area contributed by atoms with Gasteiger partial charge in [0.25, 0.3) is 0 Å². The van der Waals surface area contributed by atoms with Crippen molar-refractivity contribution in [2.24, 2.45) is 5.41 Å². The number of aliphatic carboxylic acids is 1. The zero-order valence-electron chi connectivity index (χ0n) is 11.4. The van der Waals surface area contributed by atoms with Crippen molar-refractivity contribution in [3.05, 3.63) is 29.6 Å². The van der Waals surface area contributed by atoms with E-state index in [1.165, 1.54) is 20.8 Å². The summed E-state index contributed by atoms with van der Waals surface area (Å²) in [4.78, 5) is 9.69. The van der Waals surface area contributed by atoms with Crippen LogP contribution in [0, 0.1) is 22.9 Å². The van der Waals surface area contributed by atoms with Crippen LogP contribution in [0.5, 0.6) is 0 Å². The number of hydrogen-bond donors (Lipinski definition) is 2. The van der Waals surface area contributed by atoms with Crippen molar-refractivity contribution in [1.82, 2.24) is 4.72 Å². The topological polar surface area (TPSA) is 83.5 Å². The van der Waals surface area contributed by atoms with Crippen molar-refractivity contribution in [3.63, 3.8) is 0 Å². The Labute approximate surface area is 119 Å². The third-order valence-electron chi connectivity index (χ3n) is 2.62. The number of halogens is 3. The van der Waals surface area contributed by atoms with Gasteiger partial charge in [-0.3, -0.25) is 4.79 Å². The van der Waals surface area contributed by atoms with E-state index < -0.39 is 49.8 Å². The van der Waals surface area contributed by atoms with Gasteiger partial charge in [0.05, 0.1) is 0 Å². The van der Waals surface area contributed by atoms with E-state index in [2.05, 4.69) is 0 Å². The second-order valence-corrected chi connectivity index (χ2v) is 7.11. The maximum Gasteiger partial charge on any atom is 0.322 e. The van der Waals surface area contributed by atoms with Crippen LogP contribution in [0.4, 0.5) is 13.2 Å². The van der Waals surface area contributed by atoms with Crippen LogP contribution in [-0.2, 0) is 14.8 Å². The number of nitrogens with one attached hydrogen (secondary N) is 1. The summed E-state index contributed by atoms with van der Waals surface area (Å²) in [5.74, 6) is -6.07. The first kappa shape index (κ1) is 17.4. The van der Waals surface area contributed by atoms with Crippen molar-refractivity contribution in [2.45, 2.75) is 31.7 Å². The molecule has 118 valence electrons. The third kappa shape index (κ3) is 3.94. The number of benzene rings is 1. The molecule has 0 aliphatic rings. The minimum absolute atomic E-state index is 0.199. The number of sulfonamides is 1. The second kappa shape index (κ2) is 5.64. The van der Waals surface area contributed by atoms with Gasteiger partial charge in [-0.1, -0.05) is 20.8 Å². The van der Waals surface area contributed by atoms with Gasteiger partial charge < -0.3 is 5.11 Å². The standard InChI is InChI=1S/C12H14F3NO4S/c1-12(2,3)10(11(17)18)16-21(19,20)9-7(14)4-6(13)5-8(9)15/h4-5,10,16H,1-3H3,(H,17,18)/t10-/m0/s1. The molecule has 0 radical (unpaired) electrons. The van der Waals surface area contributed by atoms with E-state index >= 15 is 0 Å². The molecule has 0 bridgehead atoms. The van der Waals surface area contributed by atoms with Crippen LogP contribution in [0.2, 0.25) is 0 Å². The van der Waals surface area contributed by atoms with E-state index in [0.29, 0.717) is 0 Å². The molecule has 0 saturated heterocycles. The predicted octanol–water partition coefficient (Wildman–Crippen LogP) is 1.88. The normalized spacial score (nSPS) is 14.0. The minimum atomic E-state index is -4.81. The second-order valence-electron chi connectivity index (χ2n) is 5.46. The molecule has 0 fully saturated rings. The summed E-state index contributed by atoms with van der Waals surface area (Å²) in [6.45, 7) is 4.31. The molecule has 1 rings (SSSR count). The van der Waals surface area contributed by atoms with Gasteiger partial charge in [0.15, 0.2) is 4.90 Å². The molecule has 0 unspecified atom stereocenters. The summed E-state index contributed by atoms with van der Waals surface area (Å²) in [6, 6.07) is -1.22. The van der Waals surface area contributed by atoms with Crippen LogP contribution in [0.25, 0.3) is 0 Å². The lowest BCUT2D eigenvalue weighted by atomic mass is 9.88. The van der Waals surface area contributed by atoms with E-state index in [1.54, 1.807) is 4.72 Å². The van der Waals surface area contributed by atoms with Crippen LogP contribution >= 0.6 is 0 Å². The summed E-state index contributed by atoms with van der Waals surface area (Å²) >= 11 is 0. The lowest BCUT2D eigenvalue weighted by Crippen LogP contribution is -2.49. The van der Waals surface area contributed by atoms with Gasteiger partial charge in [-0.25, -0.2) is 21.6 Å². The van der Waals surface area contributed by atoms with Crippen LogP contribution in [0.15, 0.2) is 17.0 Å². The maximum atomic E-state index is 13.5. The number of rotatable bonds is 4. The lowest BCUT2D eigenvalue weighted by Gasteiger charge is -2.27. The number of carboxylic acid groups (broad SMARTS) is 1. The summed E-state index contributed by atoms with van der Waals surface area (Å²) < 4.78 is 65.5. The largest absolute Gasteiger partial charge is 0.480 e. The van der Waals surface area contributed by atoms with Crippen molar-refractivity contribution in [2.75, 3.05) is 0 Å². The Balaban J connectivity index is 3.33. The quantitative estimate of drug-likeness (QED) is 0.885. The van der Waals surface area contributed by atoms with Crippen molar-refractivity contribution >= 4 is 16.0 Å². The molecule has 9 heteroatoms. The van der Waals surface area contributed by atoms with Crippen molar-refractivity contribution in [1.29, 1.82) is 0 Å². The van der Waals surface area contributed by atoms with E-state index in [9.17, 15) is 26.4 Å². The van der Waals surface area contributed by atoms with E-state index in [1.807, 2.05) is 0 Å². The molecule has 2 N–H and O–H groups in total. The van der Waals surface area contributed by atoms with E-state index in [-0.39, 0.29) is 12.1 Å². The Morgan fingerprint density at radius 2 is 1.62 bits per heavy atom. The van der Waals surface area contributed by atoms with Gasteiger partial charge >= 0.3 is 5.97 Å². The first-order chi connectivity index (χ1) is 9.36. The molecular weight excluding hydrogens is 311 g/mol. The number of carboxylic acids is 1. The molecule has 5 nitrogen and oxygen atoms in total. The number of hydrogen-bond acceptors (Lipinski definition) is 3. The zero-order chi connectivity index (χ0) is 16.6. The maximum absolute atomic E-state index is 13.5. The Hall–Kier alpha value is -1.61. The Bertz CT molecular complexity index is 645. The fraction of sp³-hybridized carbons (Fsp3) is 0.417. The first-order valence-corrected chi connectivity index (χ1v) is 7.24. The van der Waals surface area contributed by atoms with Crippen molar-refractivity contribution in [3.8, 4) is 0 Å². The molecule has 1 atom stereocenters. The molecule has 0 saturated carbocycles. The molecule has 0 aliphatic heterocycles. The molecule has 0 amide bonds. The summed E-state index contributed by atoms with van der Waals surface area (Å²) in [5.41, 5.74) is -1.05. The van der Waals surface area contributed by atoms with Crippen LogP contribution in [0.1, 0.15) is 20.8 Å². The van der Waals surface area contributed by atoms with E-state index in [0.717, 1.165) is 0 Å². The highest BCUT2D eigenvalue weighted by molar-refractivity contribution is 7.89. The average Bonchev–Trinajstić information content (AvgIpc) is 2.21. The van der Waals surface area contributed by atoms with Gasteiger partial charge in [0, 0.05) is 12.1 Å². The molecule has 21 heavy (non-hydrogen) atoms. The Morgan fingerprint density at radius 3 is 1.95 bits per heavy atom. The van der Waals surface area contributed by atoms with Crippen molar-refractivity contribution < 1.29 is 31.5 Å². The van der Waals surface area contributed by atoms with Crippen LogP contribution in [-0.4, -0.2) is 25.5 Å². The van der Waals surface area contributed by atoms with Gasteiger partial charge in [0.2, 0.25) is 10.0 Å². The molecule has 0 heterocycles. The fourth-order valence-corrected chi connectivity index (χ4v) is 3.11. The first-order valence-electron chi connectivity index (χ1n) is 5.76. The highest BCUT2D eigenvalue weighted by Gasteiger charge is 2.37. The zero-order valence-corrected chi connectivity index (χ0v) is 12.3. The van der Waals surface area contributed by atoms with Gasteiger partial charge in [0.1, 0.15) is 23.5 Å². The van der Waals surface area contributed by atoms with Crippen LogP contribution < -0.4 is 4.72 Å². The van der Waals surface area contributed by atoms with Gasteiger partial charge in [-0.2, -0.15) is 4.72 Å². The SMILES string of the molecule is CC(C)(C)[C@@H](NS(=O)(=O)c1c(F)cc(F)cc1F)C(=O)O. The Kier molecular flexibility index (Phi) is 4.69. The monoisotopic (exact) mass is 325 g/mol. The summed E-state index contributed by atoms with van der Waals surface area (Å²) in [5, 5.41) is 9.03. The smallest absolute Gasteiger partial charge is 0.322 e. The molecule has 0 spiro atoms. The minimum Gasteiger partial charge on any atom is -0.480 e. The third-order valence-corrected chi connectivity index (χ3v) is 4.09. The highest BCUT2D eigenvalue weighted by Crippen LogP contribution is 2.24.